The molecule has 1 atom stereocenters. The Bertz CT molecular complexity index is 1660. The molecule has 6 rings (SSSR count). The molecule has 0 saturated carbocycles. The molecule has 1 unspecified atom stereocenters. The summed E-state index contributed by atoms with van der Waals surface area (Å²) in [6.45, 7) is 2.19. The fourth-order valence-electron chi connectivity index (χ4n) is 5.80. The van der Waals surface area contributed by atoms with Gasteiger partial charge in [-0.1, -0.05) is 74.4 Å². The molecule has 1 aliphatic heterocycles. The predicted octanol–water partition coefficient (Wildman–Crippen LogP) is 7.92. The minimum Gasteiger partial charge on any atom is -0.493 e. The molecular weight excluding hydrogens is 484 g/mol. The van der Waals surface area contributed by atoms with Crippen molar-refractivity contribution < 1.29 is 14.3 Å². The predicted molar refractivity (Wildman–Crippen MR) is 159 cm³/mol. The number of rotatable bonds is 7. The van der Waals surface area contributed by atoms with Crippen LogP contribution < -0.4 is 14.4 Å². The van der Waals surface area contributed by atoms with Crippen LogP contribution in [0.5, 0.6) is 11.5 Å². The fourth-order valence-corrected chi connectivity index (χ4v) is 5.80. The molecule has 0 aliphatic carbocycles. The summed E-state index contributed by atoms with van der Waals surface area (Å²) in [4.78, 5) is 16.2. The molecule has 39 heavy (non-hydrogen) atoms. The molecule has 0 spiro atoms. The average Bonchev–Trinajstić information content (AvgIpc) is 3.33. The molecule has 0 N–H and O–H groups in total. The SMILES string of the molecule is CCCCC1C=C(n2c3ccccc3c3ccccc32)c2ccccc2N1C(=O)c1ccc(OC)c(OC)c1. The van der Waals surface area contributed by atoms with Crippen molar-refractivity contribution in [1.29, 1.82) is 0 Å². The van der Waals surface area contributed by atoms with Crippen LogP contribution in [0.15, 0.2) is 97.1 Å². The van der Waals surface area contributed by atoms with E-state index in [2.05, 4.69) is 78.2 Å². The second-order valence-corrected chi connectivity index (χ2v) is 9.89. The summed E-state index contributed by atoms with van der Waals surface area (Å²) < 4.78 is 13.3. The lowest BCUT2D eigenvalue weighted by Gasteiger charge is -2.37. The van der Waals surface area contributed by atoms with Gasteiger partial charge in [0.1, 0.15) is 0 Å². The number of benzene rings is 4. The van der Waals surface area contributed by atoms with Crippen molar-refractivity contribution in [3.8, 4) is 11.5 Å². The van der Waals surface area contributed by atoms with E-state index in [0.717, 1.165) is 47.2 Å². The van der Waals surface area contributed by atoms with Gasteiger partial charge in [0.2, 0.25) is 0 Å². The number of nitrogens with zero attached hydrogens (tertiary/aromatic N) is 2. The van der Waals surface area contributed by atoms with Gasteiger partial charge in [-0.15, -0.1) is 0 Å². The maximum Gasteiger partial charge on any atom is 0.258 e. The van der Waals surface area contributed by atoms with Gasteiger partial charge < -0.3 is 18.9 Å². The van der Waals surface area contributed by atoms with Gasteiger partial charge in [-0.05, 0) is 48.9 Å². The van der Waals surface area contributed by atoms with E-state index in [4.69, 9.17) is 9.47 Å². The van der Waals surface area contributed by atoms with Crippen LogP contribution in [0.2, 0.25) is 0 Å². The second kappa shape index (κ2) is 10.3. The van der Waals surface area contributed by atoms with Gasteiger partial charge >= 0.3 is 0 Å². The highest BCUT2D eigenvalue weighted by Gasteiger charge is 2.33. The van der Waals surface area contributed by atoms with E-state index in [1.165, 1.54) is 10.8 Å². The van der Waals surface area contributed by atoms with Gasteiger partial charge in [0.25, 0.3) is 5.91 Å². The van der Waals surface area contributed by atoms with Crippen molar-refractivity contribution >= 4 is 39.1 Å². The number of amides is 1. The van der Waals surface area contributed by atoms with Crippen molar-refractivity contribution in [1.82, 2.24) is 4.57 Å². The molecule has 0 fully saturated rings. The van der Waals surface area contributed by atoms with Crippen LogP contribution in [0, 0.1) is 0 Å². The summed E-state index contributed by atoms with van der Waals surface area (Å²) in [7, 11) is 3.19. The van der Waals surface area contributed by atoms with Crippen LogP contribution in [-0.2, 0) is 0 Å². The first kappa shape index (κ1) is 24.8. The third kappa shape index (κ3) is 4.15. The average molecular weight is 517 g/mol. The Morgan fingerprint density at radius 3 is 2.10 bits per heavy atom. The largest absolute Gasteiger partial charge is 0.493 e. The van der Waals surface area contributed by atoms with Crippen molar-refractivity contribution in [2.75, 3.05) is 19.1 Å². The van der Waals surface area contributed by atoms with Gasteiger partial charge in [0, 0.05) is 21.9 Å². The first-order chi connectivity index (χ1) is 19.2. The number of anilines is 1. The first-order valence-corrected chi connectivity index (χ1v) is 13.5. The summed E-state index contributed by atoms with van der Waals surface area (Å²) in [6.07, 6.45) is 5.22. The van der Waals surface area contributed by atoms with Gasteiger partial charge in [-0.2, -0.15) is 0 Å². The van der Waals surface area contributed by atoms with E-state index in [1.807, 2.05) is 23.1 Å². The molecule has 0 bridgehead atoms. The molecular formula is C34H32N2O3. The zero-order chi connectivity index (χ0) is 26.9. The number of hydrogen-bond donors (Lipinski definition) is 0. The number of carbonyl (C=O) groups excluding carboxylic acids is 1. The van der Waals surface area contributed by atoms with Gasteiger partial charge in [-0.25, -0.2) is 0 Å². The van der Waals surface area contributed by atoms with Crippen molar-refractivity contribution in [3.63, 3.8) is 0 Å². The summed E-state index contributed by atoms with van der Waals surface area (Å²) in [6, 6.07) is 30.6. The van der Waals surface area contributed by atoms with Crippen LogP contribution >= 0.6 is 0 Å². The number of aromatic nitrogens is 1. The Labute approximate surface area is 228 Å². The molecule has 5 heteroatoms. The molecule has 4 aromatic carbocycles. The van der Waals surface area contributed by atoms with E-state index in [0.29, 0.717) is 17.1 Å². The third-order valence-electron chi connectivity index (χ3n) is 7.65. The van der Waals surface area contributed by atoms with E-state index in [9.17, 15) is 4.79 Å². The molecule has 5 aromatic rings. The molecule has 1 aliphatic rings. The number of ether oxygens (including phenoxy) is 2. The maximum absolute atomic E-state index is 14.2. The molecule has 0 radical (unpaired) electrons. The number of unbranched alkanes of at least 4 members (excludes halogenated alkanes) is 1. The molecule has 196 valence electrons. The van der Waals surface area contributed by atoms with Gasteiger partial charge in [0.15, 0.2) is 11.5 Å². The fraction of sp³-hybridized carbons (Fsp3) is 0.206. The lowest BCUT2D eigenvalue weighted by Crippen LogP contribution is -2.42. The molecule has 0 saturated heterocycles. The van der Waals surface area contributed by atoms with Crippen LogP contribution in [0.1, 0.15) is 42.1 Å². The minimum absolute atomic E-state index is 0.0537. The van der Waals surface area contributed by atoms with E-state index >= 15 is 0 Å². The summed E-state index contributed by atoms with van der Waals surface area (Å²) >= 11 is 0. The third-order valence-corrected chi connectivity index (χ3v) is 7.65. The molecule has 2 heterocycles. The number of methoxy groups -OCH3 is 2. The summed E-state index contributed by atoms with van der Waals surface area (Å²) in [5.74, 6) is 1.09. The van der Waals surface area contributed by atoms with Gasteiger partial charge in [0.05, 0.1) is 42.7 Å². The zero-order valence-corrected chi connectivity index (χ0v) is 22.6. The van der Waals surface area contributed by atoms with E-state index < -0.39 is 0 Å². The Balaban J connectivity index is 1.55. The normalized spacial score (nSPS) is 14.8. The smallest absolute Gasteiger partial charge is 0.258 e. The Hall–Kier alpha value is -4.51. The topological polar surface area (TPSA) is 43.7 Å². The molecule has 1 aromatic heterocycles. The van der Waals surface area contributed by atoms with Crippen LogP contribution in [0.4, 0.5) is 5.69 Å². The van der Waals surface area contributed by atoms with Crippen molar-refractivity contribution in [2.24, 2.45) is 0 Å². The Morgan fingerprint density at radius 2 is 1.44 bits per heavy atom. The molecule has 5 nitrogen and oxygen atoms in total. The maximum atomic E-state index is 14.2. The zero-order valence-electron chi connectivity index (χ0n) is 22.6. The number of para-hydroxylation sites is 3. The highest BCUT2D eigenvalue weighted by atomic mass is 16.5. The Kier molecular flexibility index (Phi) is 6.57. The first-order valence-electron chi connectivity index (χ1n) is 13.5. The van der Waals surface area contributed by atoms with E-state index in [-0.39, 0.29) is 11.9 Å². The van der Waals surface area contributed by atoms with E-state index in [1.54, 1.807) is 26.4 Å². The highest BCUT2D eigenvalue weighted by Crippen LogP contribution is 2.42. The number of hydrogen-bond acceptors (Lipinski definition) is 3. The lowest BCUT2D eigenvalue weighted by molar-refractivity contribution is 0.0979. The van der Waals surface area contributed by atoms with Crippen LogP contribution in [-0.4, -0.2) is 30.7 Å². The van der Waals surface area contributed by atoms with Crippen molar-refractivity contribution in [3.05, 3.63) is 108 Å². The standard InChI is InChI=1S/C34H32N2O3/c1-4-5-12-24-22-31(36-28-16-9-6-13-25(28)26-14-7-10-17-29(26)36)27-15-8-11-18-30(27)35(24)34(37)23-19-20-32(38-2)33(21-23)39-3/h6-11,13-22,24H,4-5,12H2,1-3H3. The van der Waals surface area contributed by atoms with Gasteiger partial charge in [-0.3, -0.25) is 4.79 Å². The summed E-state index contributed by atoms with van der Waals surface area (Å²) in [5, 5.41) is 2.45. The highest BCUT2D eigenvalue weighted by molar-refractivity contribution is 6.13. The number of fused-ring (bicyclic) bond motifs is 4. The minimum atomic E-state index is -0.102. The monoisotopic (exact) mass is 516 g/mol. The second-order valence-electron chi connectivity index (χ2n) is 9.89. The quantitative estimate of drug-likeness (QED) is 0.221. The summed E-state index contributed by atoms with van der Waals surface area (Å²) in [5.41, 5.74) is 5.95. The van der Waals surface area contributed by atoms with Crippen molar-refractivity contribution in [2.45, 2.75) is 32.2 Å². The Morgan fingerprint density at radius 1 is 0.795 bits per heavy atom. The molecule has 1 amide bonds. The number of carbonyl (C=O) groups is 1. The lowest BCUT2D eigenvalue weighted by atomic mass is 9.95. The van der Waals surface area contributed by atoms with Crippen LogP contribution in [0.25, 0.3) is 27.5 Å². The van der Waals surface area contributed by atoms with Crippen LogP contribution in [0.3, 0.4) is 0 Å².